The van der Waals surface area contributed by atoms with E-state index < -0.39 is 5.60 Å². The second-order valence-electron chi connectivity index (χ2n) is 7.89. The van der Waals surface area contributed by atoms with E-state index in [0.29, 0.717) is 5.41 Å². The van der Waals surface area contributed by atoms with E-state index in [0.717, 1.165) is 19.0 Å². The van der Waals surface area contributed by atoms with E-state index in [1.54, 1.807) is 0 Å². The maximum atomic E-state index is 12.1. The minimum absolute atomic E-state index is 0.0956. The number of hydrogen-bond donors (Lipinski definition) is 0. The number of carbonyl (C=O) groups excluding carboxylic acids is 1. The van der Waals surface area contributed by atoms with Gasteiger partial charge in [0, 0.05) is 0 Å². The fourth-order valence-corrected chi connectivity index (χ4v) is 2.69. The molecule has 0 aromatic heterocycles. The SMILES string of the molecule is CC(C(=O)OC(C)(C)C)N1CCC(C(C)(C)C)CC1. The van der Waals surface area contributed by atoms with Crippen molar-refractivity contribution in [2.24, 2.45) is 11.3 Å². The van der Waals surface area contributed by atoms with Gasteiger partial charge in [-0.25, -0.2) is 0 Å². The quantitative estimate of drug-likeness (QED) is 0.719. The van der Waals surface area contributed by atoms with Gasteiger partial charge in [-0.1, -0.05) is 20.8 Å². The van der Waals surface area contributed by atoms with Crippen molar-refractivity contribution in [1.29, 1.82) is 0 Å². The van der Waals surface area contributed by atoms with Crippen LogP contribution in [0.2, 0.25) is 0 Å². The zero-order valence-electron chi connectivity index (χ0n) is 13.7. The maximum absolute atomic E-state index is 12.1. The zero-order chi connectivity index (χ0) is 14.8. The van der Waals surface area contributed by atoms with E-state index in [1.165, 1.54) is 12.8 Å². The summed E-state index contributed by atoms with van der Waals surface area (Å²) in [5, 5.41) is 0. The van der Waals surface area contributed by atoms with Crippen LogP contribution in [0.4, 0.5) is 0 Å². The molecule has 0 bridgehead atoms. The van der Waals surface area contributed by atoms with Crippen molar-refractivity contribution in [3.8, 4) is 0 Å². The van der Waals surface area contributed by atoms with Gasteiger partial charge < -0.3 is 4.74 Å². The molecule has 0 radical (unpaired) electrons. The van der Waals surface area contributed by atoms with E-state index in [9.17, 15) is 4.79 Å². The smallest absolute Gasteiger partial charge is 0.323 e. The number of rotatable bonds is 2. The molecule has 1 heterocycles. The molecular formula is C16H31NO2. The molecule has 1 aliphatic rings. The molecule has 0 aromatic carbocycles. The van der Waals surface area contributed by atoms with Gasteiger partial charge in [-0.05, 0) is 65.0 Å². The highest BCUT2D eigenvalue weighted by Crippen LogP contribution is 2.34. The maximum Gasteiger partial charge on any atom is 0.323 e. The normalized spacial score (nSPS) is 21.2. The first-order valence-electron chi connectivity index (χ1n) is 7.47. The van der Waals surface area contributed by atoms with Crippen LogP contribution < -0.4 is 0 Å². The molecule has 0 amide bonds. The summed E-state index contributed by atoms with van der Waals surface area (Å²) in [4.78, 5) is 14.3. The Balaban J connectivity index is 2.49. The van der Waals surface area contributed by atoms with Crippen molar-refractivity contribution >= 4 is 5.97 Å². The van der Waals surface area contributed by atoms with Crippen LogP contribution in [0.15, 0.2) is 0 Å². The molecule has 0 aromatic rings. The molecule has 1 atom stereocenters. The van der Waals surface area contributed by atoms with Gasteiger partial charge in [0.2, 0.25) is 0 Å². The second kappa shape index (κ2) is 5.82. The van der Waals surface area contributed by atoms with Crippen LogP contribution in [0.1, 0.15) is 61.3 Å². The molecule has 1 aliphatic heterocycles. The fourth-order valence-electron chi connectivity index (χ4n) is 2.69. The third kappa shape index (κ3) is 5.13. The van der Waals surface area contributed by atoms with Crippen LogP contribution in [0.25, 0.3) is 0 Å². The van der Waals surface area contributed by atoms with Crippen LogP contribution in [0, 0.1) is 11.3 Å². The lowest BCUT2D eigenvalue weighted by atomic mass is 9.75. The highest BCUT2D eigenvalue weighted by molar-refractivity contribution is 5.75. The van der Waals surface area contributed by atoms with Gasteiger partial charge in [0.05, 0.1) is 0 Å². The lowest BCUT2D eigenvalue weighted by Gasteiger charge is -2.40. The van der Waals surface area contributed by atoms with E-state index in [4.69, 9.17) is 4.74 Å². The first-order chi connectivity index (χ1) is 8.50. The molecular weight excluding hydrogens is 238 g/mol. The fraction of sp³-hybridized carbons (Fsp3) is 0.938. The monoisotopic (exact) mass is 269 g/mol. The van der Waals surface area contributed by atoms with Crippen molar-refractivity contribution < 1.29 is 9.53 Å². The third-order valence-corrected chi connectivity index (χ3v) is 4.05. The number of carbonyl (C=O) groups is 1. The van der Waals surface area contributed by atoms with Gasteiger partial charge in [0.1, 0.15) is 11.6 Å². The lowest BCUT2D eigenvalue weighted by molar-refractivity contribution is -0.161. The molecule has 3 nitrogen and oxygen atoms in total. The molecule has 3 heteroatoms. The molecule has 1 unspecified atom stereocenters. The van der Waals surface area contributed by atoms with Gasteiger partial charge in [-0.15, -0.1) is 0 Å². The average molecular weight is 269 g/mol. The highest BCUT2D eigenvalue weighted by Gasteiger charge is 2.33. The number of ether oxygens (including phenoxy) is 1. The molecule has 0 saturated carbocycles. The highest BCUT2D eigenvalue weighted by atomic mass is 16.6. The summed E-state index contributed by atoms with van der Waals surface area (Å²) in [6.07, 6.45) is 2.35. The topological polar surface area (TPSA) is 29.5 Å². The molecule has 0 spiro atoms. The Kier molecular flexibility index (Phi) is 5.05. The molecule has 1 rings (SSSR count). The summed E-state index contributed by atoms with van der Waals surface area (Å²) in [5.41, 5.74) is -0.0175. The number of nitrogens with zero attached hydrogens (tertiary/aromatic N) is 1. The summed E-state index contributed by atoms with van der Waals surface area (Å²) in [6.45, 7) is 16.7. The van der Waals surface area contributed by atoms with Gasteiger partial charge in [0.25, 0.3) is 0 Å². The summed E-state index contributed by atoms with van der Waals surface area (Å²) in [7, 11) is 0. The second-order valence-corrected chi connectivity index (χ2v) is 7.89. The van der Waals surface area contributed by atoms with Crippen molar-refractivity contribution in [2.45, 2.75) is 73.0 Å². The third-order valence-electron chi connectivity index (χ3n) is 4.05. The summed E-state index contributed by atoms with van der Waals surface area (Å²) in [5.74, 6) is 0.663. The predicted octanol–water partition coefficient (Wildman–Crippen LogP) is 3.47. The summed E-state index contributed by atoms with van der Waals surface area (Å²) >= 11 is 0. The first-order valence-corrected chi connectivity index (χ1v) is 7.47. The van der Waals surface area contributed by atoms with Gasteiger partial charge in [-0.3, -0.25) is 9.69 Å². The molecule has 1 fully saturated rings. The van der Waals surface area contributed by atoms with E-state index in [1.807, 2.05) is 27.7 Å². The molecule has 0 N–H and O–H groups in total. The Labute approximate surface area is 118 Å². The Morgan fingerprint density at radius 2 is 1.58 bits per heavy atom. The van der Waals surface area contributed by atoms with Crippen molar-refractivity contribution in [3.63, 3.8) is 0 Å². The lowest BCUT2D eigenvalue weighted by Crippen LogP contribution is -2.47. The van der Waals surface area contributed by atoms with Crippen molar-refractivity contribution in [3.05, 3.63) is 0 Å². The number of piperidine rings is 1. The largest absolute Gasteiger partial charge is 0.459 e. The molecule has 0 aliphatic carbocycles. The van der Waals surface area contributed by atoms with Gasteiger partial charge in [0.15, 0.2) is 0 Å². The first kappa shape index (κ1) is 16.5. The minimum atomic E-state index is -0.394. The van der Waals surface area contributed by atoms with E-state index in [2.05, 4.69) is 25.7 Å². The summed E-state index contributed by atoms with van der Waals surface area (Å²) in [6, 6.07) is -0.125. The number of esters is 1. The Hall–Kier alpha value is -0.570. The Bertz CT molecular complexity index is 304. The standard InChI is InChI=1S/C16H31NO2/c1-12(14(18)19-16(5,6)7)17-10-8-13(9-11-17)15(2,3)4/h12-13H,8-11H2,1-7H3. The number of likely N-dealkylation sites (tertiary alicyclic amines) is 1. The van der Waals surface area contributed by atoms with Crippen molar-refractivity contribution in [1.82, 2.24) is 4.90 Å². The van der Waals surface area contributed by atoms with Crippen LogP contribution in [0.3, 0.4) is 0 Å². The van der Waals surface area contributed by atoms with Crippen LogP contribution in [0.5, 0.6) is 0 Å². The van der Waals surface area contributed by atoms with Gasteiger partial charge in [-0.2, -0.15) is 0 Å². The predicted molar refractivity (Wildman–Crippen MR) is 79.1 cm³/mol. The zero-order valence-corrected chi connectivity index (χ0v) is 13.7. The van der Waals surface area contributed by atoms with Crippen LogP contribution >= 0.6 is 0 Å². The van der Waals surface area contributed by atoms with E-state index in [-0.39, 0.29) is 12.0 Å². The van der Waals surface area contributed by atoms with Crippen LogP contribution in [-0.4, -0.2) is 35.6 Å². The molecule has 1 saturated heterocycles. The van der Waals surface area contributed by atoms with E-state index >= 15 is 0 Å². The Morgan fingerprint density at radius 3 is 1.95 bits per heavy atom. The van der Waals surface area contributed by atoms with Crippen molar-refractivity contribution in [2.75, 3.05) is 13.1 Å². The minimum Gasteiger partial charge on any atom is -0.459 e. The van der Waals surface area contributed by atoms with Gasteiger partial charge >= 0.3 is 5.97 Å². The summed E-state index contributed by atoms with van der Waals surface area (Å²) < 4.78 is 5.47. The number of hydrogen-bond acceptors (Lipinski definition) is 3. The molecule has 112 valence electrons. The average Bonchev–Trinajstić information content (AvgIpc) is 2.24. The molecule has 19 heavy (non-hydrogen) atoms. The Morgan fingerprint density at radius 1 is 1.11 bits per heavy atom. The van der Waals surface area contributed by atoms with Crippen LogP contribution in [-0.2, 0) is 9.53 Å².